The quantitative estimate of drug-likeness (QED) is 0.650. The molecule has 4 rings (SSSR count). The van der Waals surface area contributed by atoms with E-state index in [1.165, 1.54) is 18.2 Å². The Morgan fingerprint density at radius 2 is 1.90 bits per heavy atom. The summed E-state index contributed by atoms with van der Waals surface area (Å²) in [5.41, 5.74) is 0.296. The fraction of sp³-hybridized carbons (Fsp3) is 0.455. The summed E-state index contributed by atoms with van der Waals surface area (Å²) in [7, 11) is 0. The lowest BCUT2D eigenvalue weighted by molar-refractivity contribution is -0.140. The molecule has 1 amide bonds. The van der Waals surface area contributed by atoms with Crippen molar-refractivity contribution in [2.45, 2.75) is 50.9 Å². The third-order valence-electron chi connectivity index (χ3n) is 5.61. The van der Waals surface area contributed by atoms with Crippen molar-refractivity contribution < 1.29 is 22.7 Å². The fourth-order valence-electron chi connectivity index (χ4n) is 3.81. The second-order valence-electron chi connectivity index (χ2n) is 8.12. The Labute approximate surface area is 182 Å². The number of alkyl halides is 3. The van der Waals surface area contributed by atoms with Gasteiger partial charge in [0.15, 0.2) is 0 Å². The Kier molecular flexibility index (Phi) is 5.77. The van der Waals surface area contributed by atoms with Gasteiger partial charge in [0.1, 0.15) is 11.9 Å². The van der Waals surface area contributed by atoms with Gasteiger partial charge in [-0.05, 0) is 49.9 Å². The average molecular weight is 455 g/mol. The topological polar surface area (TPSA) is 51.5 Å². The number of carbonyl (C=O) groups is 1. The largest absolute Gasteiger partial charge is 0.486 e. The Balaban J connectivity index is 1.28. The minimum atomic E-state index is -4.53. The maximum Gasteiger partial charge on any atom is 0.417 e. The molecular formula is C22H22ClF3N2O3. The summed E-state index contributed by atoms with van der Waals surface area (Å²) < 4.78 is 46.5. The van der Waals surface area contributed by atoms with Crippen LogP contribution in [0.5, 0.6) is 5.75 Å². The number of carbonyl (C=O) groups excluding carboxylic acids is 1. The van der Waals surface area contributed by atoms with Crippen LogP contribution in [0.2, 0.25) is 5.02 Å². The van der Waals surface area contributed by atoms with E-state index < -0.39 is 11.7 Å². The first kappa shape index (κ1) is 21.7. The minimum Gasteiger partial charge on any atom is -0.486 e. The number of likely N-dealkylation sites (tertiary alicyclic amines) is 1. The van der Waals surface area contributed by atoms with Crippen molar-refractivity contribution in [2.75, 3.05) is 13.1 Å². The molecule has 166 valence electrons. The maximum atomic E-state index is 13.0. The van der Waals surface area contributed by atoms with E-state index in [0.717, 1.165) is 24.6 Å². The van der Waals surface area contributed by atoms with Crippen LogP contribution in [0.3, 0.4) is 0 Å². The number of pyridine rings is 1. The summed E-state index contributed by atoms with van der Waals surface area (Å²) in [6, 6.07) is 7.31. The van der Waals surface area contributed by atoms with Gasteiger partial charge in [-0.1, -0.05) is 17.7 Å². The first-order chi connectivity index (χ1) is 14.6. The van der Waals surface area contributed by atoms with Gasteiger partial charge in [-0.15, -0.1) is 0 Å². The lowest BCUT2D eigenvalue weighted by Gasteiger charge is -2.39. The lowest BCUT2D eigenvalue weighted by Crippen LogP contribution is -2.56. The third kappa shape index (κ3) is 4.89. The van der Waals surface area contributed by atoms with Gasteiger partial charge in [0.05, 0.1) is 23.7 Å². The van der Waals surface area contributed by atoms with Gasteiger partial charge < -0.3 is 14.2 Å². The molecule has 2 aromatic rings. The highest BCUT2D eigenvalue weighted by molar-refractivity contribution is 6.31. The van der Waals surface area contributed by atoms with Crippen molar-refractivity contribution in [3.8, 4) is 5.75 Å². The van der Waals surface area contributed by atoms with E-state index in [1.807, 2.05) is 13.0 Å². The van der Waals surface area contributed by atoms with Gasteiger partial charge in [0, 0.05) is 24.2 Å². The molecule has 1 saturated carbocycles. The van der Waals surface area contributed by atoms with Crippen LogP contribution in [0.4, 0.5) is 13.2 Å². The first-order valence-electron chi connectivity index (χ1n) is 10.1. The highest BCUT2D eigenvalue weighted by Gasteiger charge is 2.34. The molecule has 2 aliphatic rings. The van der Waals surface area contributed by atoms with Crippen LogP contribution in [-0.2, 0) is 17.4 Å². The van der Waals surface area contributed by atoms with Gasteiger partial charge in [0.25, 0.3) is 5.56 Å². The van der Waals surface area contributed by atoms with Crippen molar-refractivity contribution in [1.29, 1.82) is 0 Å². The zero-order valence-electron chi connectivity index (χ0n) is 16.9. The lowest BCUT2D eigenvalue weighted by atomic mass is 10.0. The third-order valence-corrected chi connectivity index (χ3v) is 5.94. The van der Waals surface area contributed by atoms with Crippen molar-refractivity contribution in [3.05, 3.63) is 62.5 Å². The predicted molar refractivity (Wildman–Crippen MR) is 109 cm³/mol. The van der Waals surface area contributed by atoms with Crippen LogP contribution in [0.1, 0.15) is 42.1 Å². The molecule has 1 aliphatic heterocycles. The molecule has 9 heteroatoms. The normalized spacial score (nSPS) is 16.9. The van der Waals surface area contributed by atoms with Crippen molar-refractivity contribution in [3.63, 3.8) is 0 Å². The molecule has 1 aliphatic carbocycles. The molecule has 1 aromatic carbocycles. The molecule has 2 fully saturated rings. The number of hydrogen-bond acceptors (Lipinski definition) is 3. The molecule has 0 unspecified atom stereocenters. The Bertz CT molecular complexity index is 1060. The van der Waals surface area contributed by atoms with Crippen molar-refractivity contribution in [1.82, 2.24) is 9.47 Å². The summed E-state index contributed by atoms with van der Waals surface area (Å²) >= 11 is 5.62. The van der Waals surface area contributed by atoms with Gasteiger partial charge in [0.2, 0.25) is 5.91 Å². The van der Waals surface area contributed by atoms with Gasteiger partial charge >= 0.3 is 6.18 Å². The Hall–Kier alpha value is -2.48. The number of benzene rings is 1. The van der Waals surface area contributed by atoms with E-state index in [1.54, 1.807) is 9.47 Å². The SMILES string of the molecule is Cc1cc(OC2CN(C(=O)CCc3ccc(Cl)c(C(F)(F)F)c3)C2)cc(=O)n1C1CC1. The summed E-state index contributed by atoms with van der Waals surface area (Å²) in [6.45, 7) is 2.65. The summed E-state index contributed by atoms with van der Waals surface area (Å²) in [5.74, 6) is 0.348. The molecule has 31 heavy (non-hydrogen) atoms. The zero-order valence-corrected chi connectivity index (χ0v) is 17.7. The molecule has 0 N–H and O–H groups in total. The van der Waals surface area contributed by atoms with Gasteiger partial charge in [-0.3, -0.25) is 9.59 Å². The maximum absolute atomic E-state index is 13.0. The Morgan fingerprint density at radius 1 is 1.19 bits per heavy atom. The number of aromatic nitrogens is 1. The molecule has 0 spiro atoms. The Morgan fingerprint density at radius 3 is 2.52 bits per heavy atom. The van der Waals surface area contributed by atoms with Crippen LogP contribution in [0, 0.1) is 6.92 Å². The molecule has 0 atom stereocenters. The van der Waals surface area contributed by atoms with E-state index >= 15 is 0 Å². The number of amides is 1. The minimum absolute atomic E-state index is 0.0778. The van der Waals surface area contributed by atoms with Crippen LogP contribution >= 0.6 is 11.6 Å². The van der Waals surface area contributed by atoms with Gasteiger partial charge in [-0.25, -0.2) is 0 Å². The molecule has 5 nitrogen and oxygen atoms in total. The molecule has 0 bridgehead atoms. The van der Waals surface area contributed by atoms with E-state index in [9.17, 15) is 22.8 Å². The smallest absolute Gasteiger partial charge is 0.417 e. The van der Waals surface area contributed by atoms with E-state index in [-0.39, 0.29) is 35.4 Å². The van der Waals surface area contributed by atoms with Crippen LogP contribution in [-0.4, -0.2) is 34.6 Å². The molecule has 1 saturated heterocycles. The highest BCUT2D eigenvalue weighted by atomic mass is 35.5. The second kappa shape index (κ2) is 8.22. The molecule has 0 radical (unpaired) electrons. The average Bonchev–Trinajstić information content (AvgIpc) is 3.47. The summed E-state index contributed by atoms with van der Waals surface area (Å²) in [6.07, 6.45) is -2.40. The zero-order chi connectivity index (χ0) is 22.3. The first-order valence-corrected chi connectivity index (χ1v) is 10.5. The second-order valence-corrected chi connectivity index (χ2v) is 8.53. The molecular weight excluding hydrogens is 433 g/mol. The predicted octanol–water partition coefficient (Wildman–Crippen LogP) is 4.39. The number of aryl methyl sites for hydroxylation is 2. The number of nitrogens with zero attached hydrogens (tertiary/aromatic N) is 2. The standard InChI is InChI=1S/C22H22ClF3N2O3/c1-13-8-16(10-21(30)28(13)15-4-5-15)31-17-11-27(12-17)20(29)7-3-14-2-6-19(23)18(9-14)22(24,25)26/h2,6,8-10,15,17H,3-5,7,11-12H2,1H3. The molecule has 1 aromatic heterocycles. The van der Waals surface area contributed by atoms with E-state index in [2.05, 4.69) is 0 Å². The van der Waals surface area contributed by atoms with Crippen molar-refractivity contribution >= 4 is 17.5 Å². The summed E-state index contributed by atoms with van der Waals surface area (Å²) in [4.78, 5) is 26.2. The van der Waals surface area contributed by atoms with Crippen LogP contribution in [0.15, 0.2) is 35.1 Å². The summed E-state index contributed by atoms with van der Waals surface area (Å²) in [5, 5.41) is -0.356. The highest BCUT2D eigenvalue weighted by Crippen LogP contribution is 2.36. The number of ether oxygens (including phenoxy) is 1. The van der Waals surface area contributed by atoms with E-state index in [0.29, 0.717) is 30.4 Å². The van der Waals surface area contributed by atoms with Gasteiger partial charge in [-0.2, -0.15) is 13.2 Å². The monoisotopic (exact) mass is 454 g/mol. The van der Waals surface area contributed by atoms with Crippen molar-refractivity contribution in [2.24, 2.45) is 0 Å². The number of halogens is 4. The number of hydrogen-bond donors (Lipinski definition) is 0. The fourth-order valence-corrected chi connectivity index (χ4v) is 4.04. The van der Waals surface area contributed by atoms with Crippen LogP contribution < -0.4 is 10.3 Å². The molecule has 2 heterocycles. The van der Waals surface area contributed by atoms with E-state index in [4.69, 9.17) is 16.3 Å². The number of rotatable bonds is 6. The van der Waals surface area contributed by atoms with Crippen LogP contribution in [0.25, 0.3) is 0 Å².